The number of nitrogens with one attached hydrogen (secondary N) is 2. The lowest BCUT2D eigenvalue weighted by atomic mass is 9.99. The first-order valence-electron chi connectivity index (χ1n) is 13.3. The molecule has 1 aromatic rings. The summed E-state index contributed by atoms with van der Waals surface area (Å²) < 4.78 is 0. The summed E-state index contributed by atoms with van der Waals surface area (Å²) in [6.07, 6.45) is 7.21. The van der Waals surface area contributed by atoms with Crippen LogP contribution in [0.3, 0.4) is 0 Å². The number of aryl methyl sites for hydroxylation is 1. The highest BCUT2D eigenvalue weighted by atomic mass is 16.2. The van der Waals surface area contributed by atoms with Crippen molar-refractivity contribution in [2.24, 2.45) is 5.92 Å². The van der Waals surface area contributed by atoms with Crippen LogP contribution in [0.25, 0.3) is 0 Å². The zero-order chi connectivity index (χ0) is 26.0. The third-order valence-electron chi connectivity index (χ3n) is 6.38. The van der Waals surface area contributed by atoms with E-state index in [4.69, 9.17) is 0 Å². The van der Waals surface area contributed by atoms with Gasteiger partial charge in [-0.1, -0.05) is 56.0 Å². The third kappa shape index (κ3) is 10.3. The molecule has 1 atom stereocenters. The zero-order valence-corrected chi connectivity index (χ0v) is 23.1. The second kappa shape index (κ2) is 13.6. The second-order valence-corrected chi connectivity index (χ2v) is 11.4. The van der Waals surface area contributed by atoms with Crippen LogP contribution in [0, 0.1) is 12.8 Å². The first-order valence-corrected chi connectivity index (χ1v) is 13.3. The largest absolute Gasteiger partial charge is 0.365 e. The fraction of sp³-hybridized carbons (Fsp3) is 0.655. The number of benzene rings is 1. The quantitative estimate of drug-likeness (QED) is 0.421. The van der Waals surface area contributed by atoms with Gasteiger partial charge in [0, 0.05) is 31.9 Å². The Bertz CT molecular complexity index is 833. The van der Waals surface area contributed by atoms with Crippen LogP contribution < -0.4 is 15.5 Å². The number of hydrogen-bond donors (Lipinski definition) is 2. The Morgan fingerprint density at radius 3 is 2.20 bits per heavy atom. The van der Waals surface area contributed by atoms with Gasteiger partial charge in [-0.3, -0.25) is 4.79 Å². The van der Waals surface area contributed by atoms with Crippen molar-refractivity contribution in [3.8, 4) is 0 Å². The number of urea groups is 1. The molecule has 196 valence electrons. The van der Waals surface area contributed by atoms with Crippen LogP contribution in [-0.4, -0.2) is 54.6 Å². The van der Waals surface area contributed by atoms with Crippen LogP contribution in [0.5, 0.6) is 0 Å². The number of likely N-dealkylation sites (tertiary alicyclic amines) is 1. The van der Waals surface area contributed by atoms with Gasteiger partial charge in [-0.2, -0.15) is 0 Å². The van der Waals surface area contributed by atoms with Gasteiger partial charge in [0.15, 0.2) is 0 Å². The SMILES string of the molecule is CC(C)=CCN(CC(C)(C)NC(=O)[C@H](CC(C)C)NC(=O)N1CCCCCC1)c1ccc(C)cc1. The minimum atomic E-state index is -0.546. The fourth-order valence-corrected chi connectivity index (χ4v) is 4.46. The highest BCUT2D eigenvalue weighted by Crippen LogP contribution is 2.19. The van der Waals surface area contributed by atoms with E-state index in [9.17, 15) is 9.59 Å². The van der Waals surface area contributed by atoms with E-state index in [0.717, 1.165) is 51.0 Å². The second-order valence-electron chi connectivity index (χ2n) is 11.4. The minimum absolute atomic E-state index is 0.113. The molecular formula is C29H48N4O2. The zero-order valence-electron chi connectivity index (χ0n) is 23.1. The predicted octanol–water partition coefficient (Wildman–Crippen LogP) is 5.66. The highest BCUT2D eigenvalue weighted by molar-refractivity contribution is 5.87. The maximum atomic E-state index is 13.4. The normalized spacial score (nSPS) is 15.3. The summed E-state index contributed by atoms with van der Waals surface area (Å²) in [6.45, 7) is 17.5. The minimum Gasteiger partial charge on any atom is -0.365 e. The summed E-state index contributed by atoms with van der Waals surface area (Å²) in [5.41, 5.74) is 3.13. The molecule has 0 aromatic heterocycles. The molecule has 0 radical (unpaired) electrons. The average Bonchev–Trinajstić information content (AvgIpc) is 3.05. The van der Waals surface area contributed by atoms with Crippen molar-refractivity contribution in [1.82, 2.24) is 15.5 Å². The van der Waals surface area contributed by atoms with Gasteiger partial charge >= 0.3 is 6.03 Å². The van der Waals surface area contributed by atoms with Gasteiger partial charge in [0.1, 0.15) is 6.04 Å². The average molecular weight is 485 g/mol. The van der Waals surface area contributed by atoms with Gasteiger partial charge in [0.05, 0.1) is 5.54 Å². The first-order chi connectivity index (χ1) is 16.5. The van der Waals surface area contributed by atoms with Crippen LogP contribution in [0.4, 0.5) is 10.5 Å². The molecule has 0 bridgehead atoms. The number of anilines is 1. The lowest BCUT2D eigenvalue weighted by Crippen LogP contribution is -2.58. The Kier molecular flexibility index (Phi) is 11.1. The molecule has 6 nitrogen and oxygen atoms in total. The number of amides is 3. The van der Waals surface area contributed by atoms with E-state index in [0.29, 0.717) is 18.9 Å². The Morgan fingerprint density at radius 1 is 1.06 bits per heavy atom. The highest BCUT2D eigenvalue weighted by Gasteiger charge is 2.30. The van der Waals surface area contributed by atoms with Crippen molar-refractivity contribution in [2.45, 2.75) is 92.2 Å². The van der Waals surface area contributed by atoms with Crippen molar-refractivity contribution in [3.63, 3.8) is 0 Å². The van der Waals surface area contributed by atoms with E-state index >= 15 is 0 Å². The van der Waals surface area contributed by atoms with E-state index in [1.807, 2.05) is 4.90 Å². The van der Waals surface area contributed by atoms with Gasteiger partial charge in [-0.05, 0) is 71.9 Å². The Balaban J connectivity index is 2.12. The lowest BCUT2D eigenvalue weighted by molar-refractivity contribution is -0.124. The van der Waals surface area contributed by atoms with Crippen LogP contribution >= 0.6 is 0 Å². The number of nitrogens with zero attached hydrogens (tertiary/aromatic N) is 2. The number of rotatable bonds is 10. The summed E-state index contributed by atoms with van der Waals surface area (Å²) in [5, 5.41) is 6.30. The molecule has 1 saturated heterocycles. The van der Waals surface area contributed by atoms with Gasteiger partial charge < -0.3 is 20.4 Å². The van der Waals surface area contributed by atoms with Crippen molar-refractivity contribution >= 4 is 17.6 Å². The molecule has 2 rings (SSSR count). The molecule has 0 spiro atoms. The fourth-order valence-electron chi connectivity index (χ4n) is 4.46. The summed E-state index contributed by atoms with van der Waals surface area (Å²) in [6, 6.07) is 7.84. The number of carbonyl (C=O) groups is 2. The van der Waals surface area contributed by atoms with Gasteiger partial charge in [0.2, 0.25) is 5.91 Å². The smallest absolute Gasteiger partial charge is 0.318 e. The number of allylic oxidation sites excluding steroid dienone is 1. The van der Waals surface area contributed by atoms with Gasteiger partial charge in [-0.15, -0.1) is 0 Å². The topological polar surface area (TPSA) is 64.7 Å². The predicted molar refractivity (Wildman–Crippen MR) is 147 cm³/mol. The van der Waals surface area contributed by atoms with Gasteiger partial charge in [-0.25, -0.2) is 4.79 Å². The van der Waals surface area contributed by atoms with Crippen LogP contribution in [-0.2, 0) is 4.79 Å². The Labute approximate surface area is 213 Å². The van der Waals surface area contributed by atoms with E-state index in [1.54, 1.807) is 0 Å². The summed E-state index contributed by atoms with van der Waals surface area (Å²) in [4.78, 5) is 30.6. The molecule has 0 unspecified atom stereocenters. The van der Waals surface area contributed by atoms with Crippen LogP contribution in [0.1, 0.15) is 79.2 Å². The van der Waals surface area contributed by atoms with E-state index < -0.39 is 11.6 Å². The molecule has 35 heavy (non-hydrogen) atoms. The molecule has 6 heteroatoms. The Morgan fingerprint density at radius 2 is 1.66 bits per heavy atom. The Hall–Kier alpha value is -2.50. The van der Waals surface area contributed by atoms with Crippen LogP contribution in [0.15, 0.2) is 35.9 Å². The van der Waals surface area contributed by atoms with Gasteiger partial charge in [0.25, 0.3) is 0 Å². The van der Waals surface area contributed by atoms with Crippen LogP contribution in [0.2, 0.25) is 0 Å². The number of carbonyl (C=O) groups excluding carboxylic acids is 2. The molecule has 1 fully saturated rings. The van der Waals surface area contributed by atoms with E-state index in [1.165, 1.54) is 11.1 Å². The van der Waals surface area contributed by atoms with E-state index in [-0.39, 0.29) is 11.9 Å². The van der Waals surface area contributed by atoms with Crippen molar-refractivity contribution < 1.29 is 9.59 Å². The first kappa shape index (κ1) is 28.7. The molecule has 2 N–H and O–H groups in total. The summed E-state index contributed by atoms with van der Waals surface area (Å²) in [7, 11) is 0. The molecule has 1 aromatic carbocycles. The monoisotopic (exact) mass is 484 g/mol. The van der Waals surface area contributed by atoms with Crippen molar-refractivity contribution in [1.29, 1.82) is 0 Å². The molecule has 0 aliphatic carbocycles. The third-order valence-corrected chi connectivity index (χ3v) is 6.38. The van der Waals surface area contributed by atoms with E-state index in [2.05, 4.69) is 94.3 Å². The maximum Gasteiger partial charge on any atom is 0.318 e. The lowest BCUT2D eigenvalue weighted by Gasteiger charge is -2.36. The molecule has 3 amide bonds. The summed E-state index contributed by atoms with van der Waals surface area (Å²) >= 11 is 0. The number of hydrogen-bond acceptors (Lipinski definition) is 3. The van der Waals surface area contributed by atoms with Crippen molar-refractivity contribution in [3.05, 3.63) is 41.5 Å². The van der Waals surface area contributed by atoms with Crippen molar-refractivity contribution in [2.75, 3.05) is 31.1 Å². The molecular weight excluding hydrogens is 436 g/mol. The molecule has 1 aliphatic rings. The summed E-state index contributed by atoms with van der Waals surface area (Å²) in [5.74, 6) is 0.179. The standard InChI is InChI=1S/C29H48N4O2/c1-22(2)16-19-33(25-14-12-24(5)13-15-25)21-29(6,7)31-27(34)26(20-23(3)4)30-28(35)32-17-10-8-9-11-18-32/h12-16,23,26H,8-11,17-21H2,1-7H3,(H,30,35)(H,31,34)/t26-/m0/s1. The maximum absolute atomic E-state index is 13.4. The molecule has 0 saturated carbocycles. The molecule has 1 heterocycles. The molecule has 1 aliphatic heterocycles.